The summed E-state index contributed by atoms with van der Waals surface area (Å²) < 4.78 is 12.3. The highest BCUT2D eigenvalue weighted by atomic mass is 79.9. The first-order valence-corrected chi connectivity index (χ1v) is 9.23. The van der Waals surface area contributed by atoms with Crippen molar-refractivity contribution in [2.45, 2.75) is 26.1 Å². The summed E-state index contributed by atoms with van der Waals surface area (Å²) in [6, 6.07) is 18.1. The summed E-state index contributed by atoms with van der Waals surface area (Å²) in [6.45, 7) is 3.28. The number of furan rings is 1. The molecular formula is C21H20BrNO4. The van der Waals surface area contributed by atoms with Crippen LogP contribution in [0.25, 0.3) is 11.3 Å². The number of anilines is 1. The Balaban J connectivity index is 1.72. The smallest absolute Gasteiger partial charge is 0.267 e. The summed E-state index contributed by atoms with van der Waals surface area (Å²) >= 11 is 3.37. The van der Waals surface area contributed by atoms with Crippen LogP contribution in [0.5, 0.6) is 5.75 Å². The molecule has 140 valence electrons. The van der Waals surface area contributed by atoms with Crippen LogP contribution >= 0.6 is 15.9 Å². The lowest BCUT2D eigenvalue weighted by molar-refractivity contribution is -0.128. The Kier molecular flexibility index (Phi) is 5.68. The number of carbonyl (C=O) groups excluding carboxylic acids is 1. The number of aliphatic hydroxyl groups is 1. The Morgan fingerprint density at radius 1 is 1.15 bits per heavy atom. The van der Waals surface area contributed by atoms with Gasteiger partial charge in [-0.25, -0.2) is 0 Å². The van der Waals surface area contributed by atoms with Gasteiger partial charge in [0.05, 0.1) is 0 Å². The lowest BCUT2D eigenvalue weighted by atomic mass is 10.1. The molecule has 0 saturated heterocycles. The van der Waals surface area contributed by atoms with E-state index in [2.05, 4.69) is 21.2 Å². The number of hydrogen-bond acceptors (Lipinski definition) is 4. The van der Waals surface area contributed by atoms with Gasteiger partial charge in [-0.2, -0.15) is 0 Å². The molecule has 1 heterocycles. The van der Waals surface area contributed by atoms with E-state index < -0.39 is 5.60 Å². The first-order valence-electron chi connectivity index (χ1n) is 8.43. The molecule has 0 saturated carbocycles. The Labute approximate surface area is 166 Å². The molecular weight excluding hydrogens is 410 g/mol. The number of aliphatic hydroxyl groups excluding tert-OH is 1. The van der Waals surface area contributed by atoms with Crippen molar-refractivity contribution >= 4 is 27.5 Å². The van der Waals surface area contributed by atoms with Gasteiger partial charge in [-0.1, -0.05) is 28.1 Å². The maximum absolute atomic E-state index is 12.7. The number of nitrogens with one attached hydrogen (secondary N) is 1. The average molecular weight is 430 g/mol. The summed E-state index contributed by atoms with van der Waals surface area (Å²) in [6.07, 6.45) is 0. The highest BCUT2D eigenvalue weighted by molar-refractivity contribution is 9.10. The van der Waals surface area contributed by atoms with Crippen LogP contribution < -0.4 is 10.1 Å². The number of ether oxygens (including phenoxy) is 1. The third-order valence-corrected chi connectivity index (χ3v) is 4.48. The summed E-state index contributed by atoms with van der Waals surface area (Å²) in [7, 11) is 0. The van der Waals surface area contributed by atoms with Crippen LogP contribution in [0.1, 0.15) is 19.6 Å². The van der Waals surface area contributed by atoms with Crippen molar-refractivity contribution in [2.24, 2.45) is 0 Å². The number of hydrogen-bond donors (Lipinski definition) is 2. The highest BCUT2D eigenvalue weighted by Gasteiger charge is 2.30. The van der Waals surface area contributed by atoms with Crippen molar-refractivity contribution in [1.29, 1.82) is 0 Å². The summed E-state index contributed by atoms with van der Waals surface area (Å²) in [5.74, 6) is 1.46. The van der Waals surface area contributed by atoms with Gasteiger partial charge >= 0.3 is 0 Å². The standard InChI is InChI=1S/C21H20BrNO4/c1-21(2,27-17-8-6-15(22)7-9-17)20(25)23-16-5-3-4-14(12-16)19-11-10-18(13-24)26-19/h3-12,24H,13H2,1-2H3,(H,23,25). The molecule has 2 aromatic carbocycles. The molecule has 0 spiro atoms. The van der Waals surface area contributed by atoms with E-state index in [-0.39, 0.29) is 12.5 Å². The van der Waals surface area contributed by atoms with Crippen molar-refractivity contribution in [2.75, 3.05) is 5.32 Å². The van der Waals surface area contributed by atoms with Crippen LogP contribution in [0.15, 0.2) is 69.6 Å². The number of halogens is 1. The quantitative estimate of drug-likeness (QED) is 0.578. The van der Waals surface area contributed by atoms with E-state index >= 15 is 0 Å². The number of rotatable bonds is 6. The van der Waals surface area contributed by atoms with Gasteiger partial charge in [0.25, 0.3) is 5.91 Å². The topological polar surface area (TPSA) is 71.7 Å². The molecule has 0 aliphatic heterocycles. The lowest BCUT2D eigenvalue weighted by Crippen LogP contribution is -2.42. The van der Waals surface area contributed by atoms with Gasteiger partial charge in [0.15, 0.2) is 5.60 Å². The van der Waals surface area contributed by atoms with Crippen LogP contribution in [0.3, 0.4) is 0 Å². The van der Waals surface area contributed by atoms with Crippen molar-refractivity contribution in [3.63, 3.8) is 0 Å². The zero-order valence-corrected chi connectivity index (χ0v) is 16.6. The maximum atomic E-state index is 12.7. The molecule has 0 fully saturated rings. The largest absolute Gasteiger partial charge is 0.478 e. The summed E-state index contributed by atoms with van der Waals surface area (Å²) in [4.78, 5) is 12.7. The van der Waals surface area contributed by atoms with E-state index in [1.54, 1.807) is 44.2 Å². The van der Waals surface area contributed by atoms with Crippen LogP contribution in [0.2, 0.25) is 0 Å². The Bertz CT molecular complexity index is 931. The fraction of sp³-hybridized carbons (Fsp3) is 0.190. The molecule has 6 heteroatoms. The van der Waals surface area contributed by atoms with Crippen molar-refractivity contribution in [3.05, 3.63) is 70.9 Å². The summed E-state index contributed by atoms with van der Waals surface area (Å²) in [5.41, 5.74) is 0.379. The molecule has 0 unspecified atom stereocenters. The van der Waals surface area contributed by atoms with Gasteiger partial charge < -0.3 is 19.6 Å². The molecule has 0 aliphatic rings. The minimum atomic E-state index is -1.06. The molecule has 0 radical (unpaired) electrons. The van der Waals surface area contributed by atoms with Gasteiger partial charge in [-0.3, -0.25) is 4.79 Å². The van der Waals surface area contributed by atoms with Gasteiger partial charge in [0, 0.05) is 15.7 Å². The predicted octanol–water partition coefficient (Wildman–Crippen LogP) is 5.00. The van der Waals surface area contributed by atoms with Gasteiger partial charge in [0.2, 0.25) is 0 Å². The van der Waals surface area contributed by atoms with Crippen molar-refractivity contribution in [1.82, 2.24) is 0 Å². The number of amides is 1. The van der Waals surface area contributed by atoms with E-state index in [0.717, 1.165) is 10.0 Å². The molecule has 1 aromatic heterocycles. The minimum absolute atomic E-state index is 0.155. The van der Waals surface area contributed by atoms with E-state index in [9.17, 15) is 4.79 Å². The second-order valence-corrected chi connectivity index (χ2v) is 7.44. The molecule has 2 N–H and O–H groups in total. The molecule has 3 aromatic rings. The maximum Gasteiger partial charge on any atom is 0.267 e. The number of benzene rings is 2. The van der Waals surface area contributed by atoms with Crippen molar-refractivity contribution in [3.8, 4) is 17.1 Å². The minimum Gasteiger partial charge on any atom is -0.478 e. The van der Waals surface area contributed by atoms with E-state index in [1.165, 1.54) is 0 Å². The second kappa shape index (κ2) is 7.98. The third kappa shape index (κ3) is 4.78. The van der Waals surface area contributed by atoms with Gasteiger partial charge in [-0.05, 0) is 62.4 Å². The van der Waals surface area contributed by atoms with Crippen LogP contribution in [0, 0.1) is 0 Å². The first-order chi connectivity index (χ1) is 12.9. The highest BCUT2D eigenvalue weighted by Crippen LogP contribution is 2.26. The molecule has 5 nitrogen and oxygen atoms in total. The monoisotopic (exact) mass is 429 g/mol. The fourth-order valence-electron chi connectivity index (χ4n) is 2.49. The molecule has 27 heavy (non-hydrogen) atoms. The zero-order chi connectivity index (χ0) is 19.4. The third-order valence-electron chi connectivity index (χ3n) is 3.96. The predicted molar refractivity (Wildman–Crippen MR) is 108 cm³/mol. The average Bonchev–Trinajstić information content (AvgIpc) is 3.13. The summed E-state index contributed by atoms with van der Waals surface area (Å²) in [5, 5.41) is 12.0. The Hall–Kier alpha value is -2.57. The fourth-order valence-corrected chi connectivity index (χ4v) is 2.76. The molecule has 0 aliphatic carbocycles. The Morgan fingerprint density at radius 2 is 1.89 bits per heavy atom. The van der Waals surface area contributed by atoms with E-state index in [1.807, 2.05) is 30.3 Å². The zero-order valence-electron chi connectivity index (χ0n) is 15.0. The van der Waals surface area contributed by atoms with Crippen LogP contribution in [0.4, 0.5) is 5.69 Å². The van der Waals surface area contributed by atoms with Gasteiger partial charge in [0.1, 0.15) is 23.9 Å². The lowest BCUT2D eigenvalue weighted by Gasteiger charge is -2.25. The van der Waals surface area contributed by atoms with Crippen LogP contribution in [-0.2, 0) is 11.4 Å². The van der Waals surface area contributed by atoms with Crippen molar-refractivity contribution < 1.29 is 19.1 Å². The second-order valence-electron chi connectivity index (χ2n) is 6.53. The molecule has 0 atom stereocenters. The SMILES string of the molecule is CC(C)(Oc1ccc(Br)cc1)C(=O)Nc1cccc(-c2ccc(CO)o2)c1. The van der Waals surface area contributed by atoms with E-state index in [0.29, 0.717) is 23.0 Å². The molecule has 1 amide bonds. The molecule has 3 rings (SSSR count). The van der Waals surface area contributed by atoms with Gasteiger partial charge in [-0.15, -0.1) is 0 Å². The normalized spacial score (nSPS) is 11.3. The first kappa shape index (κ1) is 19.2. The van der Waals surface area contributed by atoms with E-state index in [4.69, 9.17) is 14.3 Å². The Morgan fingerprint density at radius 3 is 2.56 bits per heavy atom. The van der Waals surface area contributed by atoms with Crippen LogP contribution in [-0.4, -0.2) is 16.6 Å². The number of carbonyl (C=O) groups is 1. The molecule has 0 bridgehead atoms.